The minimum atomic E-state index is 0.0201. The Morgan fingerprint density at radius 2 is 1.79 bits per heavy atom. The lowest BCUT2D eigenvalue weighted by Crippen LogP contribution is -2.38. The minimum Gasteiger partial charge on any atom is -0.494 e. The van der Waals surface area contributed by atoms with E-state index >= 15 is 0 Å². The molecular formula is C27H28N4O2S. The van der Waals surface area contributed by atoms with E-state index in [1.54, 1.807) is 11.3 Å². The van der Waals surface area contributed by atoms with E-state index in [-0.39, 0.29) is 11.8 Å². The standard InChI is InChI=1S/C27H28N4O2S/c1-2-33-23-7-8-24-25(18-23)34-27(30-24)31-15-11-21(12-16-31)26(32)29-22-5-3-19(4-6-22)17-20-9-13-28-14-10-20/h3-10,13-14,18,21H,2,11-12,15-17H2,1H3,(H,29,32). The summed E-state index contributed by atoms with van der Waals surface area (Å²) in [6, 6.07) is 18.2. The molecule has 1 fully saturated rings. The molecule has 0 atom stereocenters. The van der Waals surface area contributed by atoms with Gasteiger partial charge >= 0.3 is 0 Å². The lowest BCUT2D eigenvalue weighted by Gasteiger charge is -2.31. The highest BCUT2D eigenvalue weighted by atomic mass is 32.1. The van der Waals surface area contributed by atoms with Gasteiger partial charge in [0.05, 0.1) is 16.8 Å². The molecule has 34 heavy (non-hydrogen) atoms. The highest BCUT2D eigenvalue weighted by molar-refractivity contribution is 7.22. The number of fused-ring (bicyclic) bond motifs is 1. The smallest absolute Gasteiger partial charge is 0.227 e. The number of thiazole rings is 1. The van der Waals surface area contributed by atoms with Crippen LogP contribution in [-0.2, 0) is 11.2 Å². The van der Waals surface area contributed by atoms with Crippen LogP contribution in [0.1, 0.15) is 30.9 Å². The third-order valence-electron chi connectivity index (χ3n) is 6.17. The van der Waals surface area contributed by atoms with E-state index in [0.29, 0.717) is 6.61 Å². The first-order valence-corrected chi connectivity index (χ1v) is 12.6. The number of piperidine rings is 1. The summed E-state index contributed by atoms with van der Waals surface area (Å²) in [5, 5.41) is 4.12. The van der Waals surface area contributed by atoms with Gasteiger partial charge in [-0.2, -0.15) is 0 Å². The van der Waals surface area contributed by atoms with Crippen LogP contribution >= 0.6 is 11.3 Å². The van der Waals surface area contributed by atoms with Crippen LogP contribution in [0.25, 0.3) is 10.2 Å². The number of carbonyl (C=O) groups is 1. The predicted molar refractivity (Wildman–Crippen MR) is 138 cm³/mol. The molecule has 1 aliphatic rings. The summed E-state index contributed by atoms with van der Waals surface area (Å²) in [5.74, 6) is 1.00. The molecule has 174 valence electrons. The van der Waals surface area contributed by atoms with Crippen LogP contribution in [0.2, 0.25) is 0 Å². The Morgan fingerprint density at radius 1 is 1.06 bits per heavy atom. The van der Waals surface area contributed by atoms with Gasteiger partial charge in [-0.1, -0.05) is 23.5 Å². The van der Waals surface area contributed by atoms with Gasteiger partial charge < -0.3 is 15.0 Å². The second-order valence-electron chi connectivity index (χ2n) is 8.54. The molecule has 6 nitrogen and oxygen atoms in total. The Kier molecular flexibility index (Phi) is 6.72. The highest BCUT2D eigenvalue weighted by Gasteiger charge is 2.26. The van der Waals surface area contributed by atoms with Crippen molar-refractivity contribution in [2.45, 2.75) is 26.2 Å². The number of hydrogen-bond acceptors (Lipinski definition) is 6. The van der Waals surface area contributed by atoms with E-state index in [0.717, 1.165) is 59.1 Å². The lowest BCUT2D eigenvalue weighted by atomic mass is 9.96. The molecule has 0 bridgehead atoms. The van der Waals surface area contributed by atoms with Crippen molar-refractivity contribution in [3.8, 4) is 5.75 Å². The summed E-state index contributed by atoms with van der Waals surface area (Å²) in [4.78, 5) is 24.0. The molecule has 0 radical (unpaired) electrons. The molecule has 7 heteroatoms. The molecule has 1 N–H and O–H groups in total. The zero-order chi connectivity index (χ0) is 23.3. The second kappa shape index (κ2) is 10.2. The summed E-state index contributed by atoms with van der Waals surface area (Å²) in [7, 11) is 0. The van der Waals surface area contributed by atoms with E-state index in [2.05, 4.69) is 33.4 Å². The zero-order valence-corrected chi connectivity index (χ0v) is 20.1. The highest BCUT2D eigenvalue weighted by Crippen LogP contribution is 2.33. The fraction of sp³-hybridized carbons (Fsp3) is 0.296. The summed E-state index contributed by atoms with van der Waals surface area (Å²) in [6.07, 6.45) is 6.13. The van der Waals surface area contributed by atoms with Gasteiger partial charge in [-0.3, -0.25) is 9.78 Å². The van der Waals surface area contributed by atoms with E-state index in [1.165, 1.54) is 11.1 Å². The monoisotopic (exact) mass is 472 g/mol. The zero-order valence-electron chi connectivity index (χ0n) is 19.2. The maximum Gasteiger partial charge on any atom is 0.227 e. The van der Waals surface area contributed by atoms with Gasteiger partial charge in [-0.15, -0.1) is 0 Å². The number of ether oxygens (including phenoxy) is 1. The first-order chi connectivity index (χ1) is 16.7. The molecule has 4 aromatic rings. The number of benzene rings is 2. The quantitative estimate of drug-likeness (QED) is 0.383. The fourth-order valence-corrected chi connectivity index (χ4v) is 5.35. The van der Waals surface area contributed by atoms with Crippen LogP contribution in [0.3, 0.4) is 0 Å². The average molecular weight is 473 g/mol. The summed E-state index contributed by atoms with van der Waals surface area (Å²) in [6.45, 7) is 4.31. The van der Waals surface area contributed by atoms with Crippen molar-refractivity contribution < 1.29 is 9.53 Å². The van der Waals surface area contributed by atoms with Crippen LogP contribution in [0.4, 0.5) is 10.8 Å². The molecule has 0 unspecified atom stereocenters. The number of pyridine rings is 1. The van der Waals surface area contributed by atoms with Gasteiger partial charge in [0.25, 0.3) is 0 Å². The van der Waals surface area contributed by atoms with Gasteiger partial charge in [0.15, 0.2) is 5.13 Å². The molecule has 0 saturated carbocycles. The van der Waals surface area contributed by atoms with Gasteiger partial charge in [0.2, 0.25) is 5.91 Å². The van der Waals surface area contributed by atoms with Gasteiger partial charge in [0, 0.05) is 37.1 Å². The van der Waals surface area contributed by atoms with Crippen molar-refractivity contribution in [1.82, 2.24) is 9.97 Å². The number of carbonyl (C=O) groups excluding carboxylic acids is 1. The molecule has 1 aliphatic heterocycles. The SMILES string of the molecule is CCOc1ccc2nc(N3CCC(C(=O)Nc4ccc(Cc5ccncc5)cc4)CC3)sc2c1. The number of hydrogen-bond donors (Lipinski definition) is 1. The molecule has 1 saturated heterocycles. The summed E-state index contributed by atoms with van der Waals surface area (Å²) >= 11 is 1.69. The molecule has 1 amide bonds. The molecular weight excluding hydrogens is 444 g/mol. The molecule has 0 spiro atoms. The summed E-state index contributed by atoms with van der Waals surface area (Å²) < 4.78 is 6.74. The minimum absolute atomic E-state index is 0.0201. The Morgan fingerprint density at radius 3 is 2.53 bits per heavy atom. The largest absolute Gasteiger partial charge is 0.494 e. The number of rotatable bonds is 7. The van der Waals surface area contributed by atoms with E-state index in [4.69, 9.17) is 9.72 Å². The average Bonchev–Trinajstić information content (AvgIpc) is 3.30. The number of nitrogens with one attached hydrogen (secondary N) is 1. The lowest BCUT2D eigenvalue weighted by molar-refractivity contribution is -0.120. The van der Waals surface area contributed by atoms with E-state index < -0.39 is 0 Å². The molecule has 3 heterocycles. The molecule has 2 aromatic heterocycles. The van der Waals surface area contributed by atoms with Gasteiger partial charge in [-0.05, 0) is 79.8 Å². The second-order valence-corrected chi connectivity index (χ2v) is 9.55. The molecule has 5 rings (SSSR count). The van der Waals surface area contributed by atoms with E-state index in [9.17, 15) is 4.79 Å². The van der Waals surface area contributed by atoms with Crippen molar-refractivity contribution >= 4 is 38.3 Å². The Balaban J connectivity index is 1.15. The van der Waals surface area contributed by atoms with Crippen molar-refractivity contribution in [2.24, 2.45) is 5.92 Å². The van der Waals surface area contributed by atoms with Crippen molar-refractivity contribution in [1.29, 1.82) is 0 Å². The first-order valence-electron chi connectivity index (χ1n) is 11.7. The maximum absolute atomic E-state index is 12.9. The topological polar surface area (TPSA) is 67.3 Å². The number of nitrogens with zero attached hydrogens (tertiary/aromatic N) is 3. The van der Waals surface area contributed by atoms with Crippen LogP contribution in [0, 0.1) is 5.92 Å². The number of anilines is 2. The van der Waals surface area contributed by atoms with Crippen LogP contribution in [0.15, 0.2) is 67.0 Å². The predicted octanol–water partition coefficient (Wildman–Crippen LogP) is 5.54. The van der Waals surface area contributed by atoms with Crippen molar-refractivity contribution in [2.75, 3.05) is 29.9 Å². The van der Waals surface area contributed by atoms with Crippen LogP contribution in [0.5, 0.6) is 5.75 Å². The molecule has 2 aromatic carbocycles. The summed E-state index contributed by atoms with van der Waals surface area (Å²) in [5.41, 5.74) is 4.28. The Hall–Kier alpha value is -3.45. The van der Waals surface area contributed by atoms with Crippen LogP contribution < -0.4 is 15.0 Å². The number of aromatic nitrogens is 2. The van der Waals surface area contributed by atoms with Crippen LogP contribution in [-0.4, -0.2) is 35.6 Å². The molecule has 0 aliphatic carbocycles. The number of amides is 1. The van der Waals surface area contributed by atoms with E-state index in [1.807, 2.05) is 55.7 Å². The third-order valence-corrected chi connectivity index (χ3v) is 7.25. The maximum atomic E-state index is 12.9. The fourth-order valence-electron chi connectivity index (χ4n) is 4.30. The van der Waals surface area contributed by atoms with Crippen molar-refractivity contribution in [3.63, 3.8) is 0 Å². The third kappa shape index (κ3) is 5.20. The Bertz CT molecular complexity index is 1250. The van der Waals surface area contributed by atoms with Gasteiger partial charge in [0.1, 0.15) is 5.75 Å². The Labute approximate surface area is 203 Å². The first kappa shape index (κ1) is 22.3. The normalized spacial score (nSPS) is 14.3. The van der Waals surface area contributed by atoms with Gasteiger partial charge in [-0.25, -0.2) is 4.98 Å². The van der Waals surface area contributed by atoms with Crippen molar-refractivity contribution in [3.05, 3.63) is 78.1 Å².